The van der Waals surface area contributed by atoms with Gasteiger partial charge in [-0.15, -0.1) is 0 Å². The molecule has 0 atom stereocenters. The second-order valence-electron chi connectivity index (χ2n) is 7.31. The smallest absolute Gasteiger partial charge is 0.261 e. The van der Waals surface area contributed by atoms with Gasteiger partial charge in [0.15, 0.2) is 0 Å². The van der Waals surface area contributed by atoms with E-state index in [0.29, 0.717) is 0 Å². The van der Waals surface area contributed by atoms with Gasteiger partial charge in [0.05, 0.1) is 6.61 Å². The van der Waals surface area contributed by atoms with Crippen LogP contribution in [-0.4, -0.2) is 26.6 Å². The van der Waals surface area contributed by atoms with Crippen molar-refractivity contribution in [3.63, 3.8) is 0 Å². The quantitative estimate of drug-likeness (QED) is 0.443. The van der Waals surface area contributed by atoms with Gasteiger partial charge in [0.2, 0.25) is 0 Å². The second kappa shape index (κ2) is 9.14. The Morgan fingerprint density at radius 2 is 1.40 bits per heavy atom. The van der Waals surface area contributed by atoms with E-state index in [9.17, 15) is 0 Å². The molecule has 2 aromatic carbocycles. The van der Waals surface area contributed by atoms with Gasteiger partial charge in [0.1, 0.15) is 0 Å². The maximum Gasteiger partial charge on any atom is 0.261 e. The van der Waals surface area contributed by atoms with Crippen molar-refractivity contribution in [2.75, 3.05) is 13.2 Å². The van der Waals surface area contributed by atoms with E-state index < -0.39 is 8.32 Å². The molecule has 0 amide bonds. The van der Waals surface area contributed by atoms with Gasteiger partial charge in [-0.3, -0.25) is 0 Å². The molecule has 0 unspecified atom stereocenters. The molecule has 0 aliphatic heterocycles. The zero-order valence-corrected chi connectivity index (χ0v) is 16.6. The fourth-order valence-electron chi connectivity index (χ4n) is 3.38. The molecule has 2 aromatic rings. The van der Waals surface area contributed by atoms with Crippen molar-refractivity contribution in [2.24, 2.45) is 0 Å². The van der Waals surface area contributed by atoms with Crippen LogP contribution in [0.3, 0.4) is 0 Å². The summed E-state index contributed by atoms with van der Waals surface area (Å²) in [4.78, 5) is 0. The highest BCUT2D eigenvalue weighted by molar-refractivity contribution is 6.99. The molecule has 0 aliphatic rings. The lowest BCUT2D eigenvalue weighted by Gasteiger charge is -2.43. The highest BCUT2D eigenvalue weighted by Gasteiger charge is 2.49. The second-order valence-corrected chi connectivity index (χ2v) is 11.6. The SMILES string of the molecule is CC(C)(C)[Si](OCCC/C=C/CO)(c1ccccc1)c1ccccc1. The molecule has 0 aliphatic carbocycles. The minimum Gasteiger partial charge on any atom is -0.407 e. The molecule has 134 valence electrons. The zero-order chi connectivity index (χ0) is 18.2. The average molecular weight is 355 g/mol. The molecule has 0 saturated heterocycles. The third kappa shape index (κ3) is 4.69. The molecule has 0 radical (unpaired) electrons. The van der Waals surface area contributed by atoms with Gasteiger partial charge in [-0.05, 0) is 28.3 Å². The number of aliphatic hydroxyl groups is 1. The van der Waals surface area contributed by atoms with Crippen molar-refractivity contribution in [1.29, 1.82) is 0 Å². The summed E-state index contributed by atoms with van der Waals surface area (Å²) in [6.07, 6.45) is 5.71. The summed E-state index contributed by atoms with van der Waals surface area (Å²) in [7, 11) is -2.39. The average Bonchev–Trinajstić information content (AvgIpc) is 2.62. The van der Waals surface area contributed by atoms with Crippen LogP contribution < -0.4 is 10.4 Å². The van der Waals surface area contributed by atoms with Crippen LogP contribution in [-0.2, 0) is 4.43 Å². The Morgan fingerprint density at radius 3 is 1.84 bits per heavy atom. The fourth-order valence-corrected chi connectivity index (χ4v) is 7.99. The van der Waals surface area contributed by atoms with Crippen molar-refractivity contribution in [2.45, 2.75) is 38.7 Å². The summed E-state index contributed by atoms with van der Waals surface area (Å²) in [5.74, 6) is 0. The van der Waals surface area contributed by atoms with E-state index in [1.807, 2.05) is 6.08 Å². The maximum absolute atomic E-state index is 8.84. The van der Waals surface area contributed by atoms with Gasteiger partial charge in [-0.2, -0.15) is 0 Å². The minimum atomic E-state index is -2.39. The summed E-state index contributed by atoms with van der Waals surface area (Å²) in [6.45, 7) is 7.72. The number of aliphatic hydroxyl groups excluding tert-OH is 1. The fraction of sp³-hybridized carbons (Fsp3) is 0.364. The highest BCUT2D eigenvalue weighted by Crippen LogP contribution is 2.36. The molecule has 0 saturated carbocycles. The third-order valence-corrected chi connectivity index (χ3v) is 9.56. The van der Waals surface area contributed by atoms with E-state index in [2.05, 4.69) is 81.4 Å². The number of hydrogen-bond donors (Lipinski definition) is 1. The molecule has 0 aromatic heterocycles. The number of unbranched alkanes of at least 4 members (excludes halogenated alkanes) is 1. The summed E-state index contributed by atoms with van der Waals surface area (Å²) in [5, 5.41) is 11.5. The van der Waals surface area contributed by atoms with Crippen LogP contribution >= 0.6 is 0 Å². The van der Waals surface area contributed by atoms with Crippen LogP contribution in [0.1, 0.15) is 33.6 Å². The van der Waals surface area contributed by atoms with Gasteiger partial charge < -0.3 is 9.53 Å². The largest absolute Gasteiger partial charge is 0.407 e. The monoisotopic (exact) mass is 354 g/mol. The van der Waals surface area contributed by atoms with E-state index in [0.717, 1.165) is 19.4 Å². The van der Waals surface area contributed by atoms with Crippen LogP contribution in [0.5, 0.6) is 0 Å². The van der Waals surface area contributed by atoms with Crippen LogP contribution in [0.2, 0.25) is 5.04 Å². The first-order chi connectivity index (χ1) is 12.0. The maximum atomic E-state index is 8.84. The molecule has 3 heteroatoms. The van der Waals surface area contributed by atoms with Gasteiger partial charge in [0, 0.05) is 6.61 Å². The number of hydrogen-bond acceptors (Lipinski definition) is 2. The van der Waals surface area contributed by atoms with Crippen molar-refractivity contribution in [1.82, 2.24) is 0 Å². The Kier molecular flexibility index (Phi) is 7.18. The van der Waals surface area contributed by atoms with Crippen molar-refractivity contribution in [3.8, 4) is 0 Å². The Labute approximate surface area is 153 Å². The molecule has 0 heterocycles. The van der Waals surface area contributed by atoms with E-state index in [4.69, 9.17) is 9.53 Å². The number of benzene rings is 2. The van der Waals surface area contributed by atoms with E-state index in [1.54, 1.807) is 6.08 Å². The standard InChI is InChI=1S/C22H30O2Si/c1-22(2,3)25(20-14-8-6-9-15-20,21-16-10-7-11-17-21)24-19-13-5-4-12-18-23/h4,6-12,14-17,23H,5,13,18-19H2,1-3H3/b12-4+. The predicted molar refractivity (Wildman–Crippen MR) is 109 cm³/mol. The third-order valence-electron chi connectivity index (χ3n) is 4.52. The normalized spacial score (nSPS) is 12.6. The lowest BCUT2D eigenvalue weighted by Crippen LogP contribution is -2.66. The van der Waals surface area contributed by atoms with Crippen LogP contribution in [0.4, 0.5) is 0 Å². The molecule has 2 nitrogen and oxygen atoms in total. The zero-order valence-electron chi connectivity index (χ0n) is 15.6. The van der Waals surface area contributed by atoms with E-state index in [-0.39, 0.29) is 11.6 Å². The molecule has 2 rings (SSSR count). The van der Waals surface area contributed by atoms with Gasteiger partial charge in [0.25, 0.3) is 8.32 Å². The summed E-state index contributed by atoms with van der Waals surface area (Å²) in [5.41, 5.74) is 0. The van der Waals surface area contributed by atoms with Crippen molar-refractivity contribution < 1.29 is 9.53 Å². The highest BCUT2D eigenvalue weighted by atomic mass is 28.4. The summed E-state index contributed by atoms with van der Waals surface area (Å²) >= 11 is 0. The van der Waals surface area contributed by atoms with Crippen molar-refractivity contribution >= 4 is 18.7 Å². The summed E-state index contributed by atoms with van der Waals surface area (Å²) in [6, 6.07) is 21.4. The minimum absolute atomic E-state index is 0.0244. The van der Waals surface area contributed by atoms with Gasteiger partial charge in [-0.25, -0.2) is 0 Å². The molecular formula is C22H30O2Si. The lowest BCUT2D eigenvalue weighted by molar-refractivity contribution is 0.292. The van der Waals surface area contributed by atoms with Crippen LogP contribution in [0.25, 0.3) is 0 Å². The molecule has 1 N–H and O–H groups in total. The van der Waals surface area contributed by atoms with E-state index in [1.165, 1.54) is 10.4 Å². The van der Waals surface area contributed by atoms with Gasteiger partial charge >= 0.3 is 0 Å². The Bertz CT molecular complexity index is 605. The molecule has 0 spiro atoms. The summed E-state index contributed by atoms with van der Waals surface area (Å²) < 4.78 is 6.79. The molecule has 25 heavy (non-hydrogen) atoms. The number of rotatable bonds is 8. The van der Waals surface area contributed by atoms with Crippen molar-refractivity contribution in [3.05, 3.63) is 72.8 Å². The van der Waals surface area contributed by atoms with Crippen LogP contribution in [0, 0.1) is 0 Å². The number of allylic oxidation sites excluding steroid dienone is 1. The first kappa shape index (κ1) is 19.6. The predicted octanol–water partition coefficient (Wildman–Crippen LogP) is 3.89. The van der Waals surface area contributed by atoms with Gasteiger partial charge in [-0.1, -0.05) is 93.6 Å². The molecule has 0 bridgehead atoms. The molecule has 0 fully saturated rings. The molecular weight excluding hydrogens is 324 g/mol. The lowest BCUT2D eigenvalue weighted by atomic mass is 10.2. The Hall–Kier alpha value is -1.68. The Morgan fingerprint density at radius 1 is 0.880 bits per heavy atom. The first-order valence-corrected chi connectivity index (χ1v) is 10.9. The van der Waals surface area contributed by atoms with Crippen LogP contribution in [0.15, 0.2) is 72.8 Å². The van der Waals surface area contributed by atoms with E-state index >= 15 is 0 Å². The Balaban J connectivity index is 2.37. The topological polar surface area (TPSA) is 29.5 Å². The first-order valence-electron chi connectivity index (χ1n) is 9.03.